The molecule has 5 rings (SSSR count). The number of sulfonamides is 1. The van der Waals surface area contributed by atoms with Crippen molar-refractivity contribution >= 4 is 50.1 Å². The molecule has 0 atom stereocenters. The molecule has 1 aromatic heterocycles. The van der Waals surface area contributed by atoms with Gasteiger partial charge < -0.3 is 9.64 Å². The summed E-state index contributed by atoms with van der Waals surface area (Å²) in [5, 5.41) is 11.0. The topological polar surface area (TPSA) is 122 Å². The number of carbonyl (C=O) groups is 2. The van der Waals surface area contributed by atoms with Gasteiger partial charge in [-0.2, -0.15) is 4.31 Å². The number of hydrogen-bond donors (Lipinski definition) is 1. The van der Waals surface area contributed by atoms with E-state index in [4.69, 9.17) is 4.74 Å². The van der Waals surface area contributed by atoms with Gasteiger partial charge in [0.15, 0.2) is 4.34 Å². The van der Waals surface area contributed by atoms with E-state index in [1.54, 1.807) is 0 Å². The Bertz CT molecular complexity index is 1350. The van der Waals surface area contributed by atoms with Crippen molar-refractivity contribution in [2.24, 2.45) is 0 Å². The highest BCUT2D eigenvalue weighted by Gasteiger charge is 2.27. The summed E-state index contributed by atoms with van der Waals surface area (Å²) < 4.78 is 32.6. The quantitative estimate of drug-likeness (QED) is 0.355. The normalized spacial score (nSPS) is 16.1. The lowest BCUT2D eigenvalue weighted by Gasteiger charge is -2.26. The highest BCUT2D eigenvalue weighted by Crippen LogP contribution is 2.28. The van der Waals surface area contributed by atoms with Crippen LogP contribution in [0.3, 0.4) is 0 Å². The number of anilines is 1. The van der Waals surface area contributed by atoms with Crippen LogP contribution in [-0.2, 0) is 32.6 Å². The second-order valence-electron chi connectivity index (χ2n) is 8.18. The summed E-state index contributed by atoms with van der Waals surface area (Å²) >= 11 is 2.46. The first-order valence-corrected chi connectivity index (χ1v) is 14.4. The molecule has 1 saturated heterocycles. The van der Waals surface area contributed by atoms with E-state index in [9.17, 15) is 18.0 Å². The molecule has 2 aliphatic heterocycles. The van der Waals surface area contributed by atoms with Gasteiger partial charge in [-0.3, -0.25) is 14.9 Å². The third kappa shape index (κ3) is 5.44. The molecule has 2 amide bonds. The van der Waals surface area contributed by atoms with Crippen molar-refractivity contribution in [3.8, 4) is 0 Å². The number of hydrogen-bond acceptors (Lipinski definition) is 9. The van der Waals surface area contributed by atoms with E-state index in [2.05, 4.69) is 15.5 Å². The molecule has 0 radical (unpaired) electrons. The molecule has 10 nitrogen and oxygen atoms in total. The van der Waals surface area contributed by atoms with E-state index >= 15 is 0 Å². The molecule has 0 unspecified atom stereocenters. The number of morpholine rings is 1. The fraction of sp³-hybridized carbons (Fsp3) is 0.304. The predicted octanol–water partition coefficient (Wildman–Crippen LogP) is 2.45. The smallest absolute Gasteiger partial charge is 0.257 e. The predicted molar refractivity (Wildman–Crippen MR) is 135 cm³/mol. The highest BCUT2D eigenvalue weighted by atomic mass is 32.2. The van der Waals surface area contributed by atoms with Crippen molar-refractivity contribution in [3.63, 3.8) is 0 Å². The summed E-state index contributed by atoms with van der Waals surface area (Å²) in [5.41, 5.74) is 2.64. The summed E-state index contributed by atoms with van der Waals surface area (Å²) in [6.45, 7) is 2.56. The molecule has 0 aliphatic carbocycles. The van der Waals surface area contributed by atoms with Crippen molar-refractivity contribution in [3.05, 3.63) is 65.2 Å². The first-order chi connectivity index (χ1) is 17.4. The molecule has 2 aromatic carbocycles. The molecule has 0 saturated carbocycles. The number of nitrogens with zero attached hydrogens (tertiary/aromatic N) is 4. The molecular weight excluding hydrogens is 522 g/mol. The van der Waals surface area contributed by atoms with Crippen LogP contribution in [0.1, 0.15) is 21.5 Å². The number of fused-ring (bicyclic) bond motifs is 1. The van der Waals surface area contributed by atoms with Crippen LogP contribution >= 0.6 is 23.1 Å². The number of ether oxygens (including phenoxy) is 1. The Kier molecular flexibility index (Phi) is 7.34. The first-order valence-electron chi connectivity index (χ1n) is 11.2. The van der Waals surface area contributed by atoms with Crippen LogP contribution in [-0.4, -0.2) is 71.7 Å². The average molecular weight is 546 g/mol. The maximum Gasteiger partial charge on any atom is 0.257 e. The van der Waals surface area contributed by atoms with E-state index in [1.165, 1.54) is 62.8 Å². The van der Waals surface area contributed by atoms with E-state index in [0.717, 1.165) is 0 Å². The molecule has 13 heteroatoms. The van der Waals surface area contributed by atoms with E-state index in [0.29, 0.717) is 54.4 Å². The van der Waals surface area contributed by atoms with Gasteiger partial charge in [0.25, 0.3) is 5.91 Å². The van der Waals surface area contributed by atoms with Gasteiger partial charge in [0.2, 0.25) is 21.1 Å². The number of thioether (sulfide) groups is 1. The Balaban J connectivity index is 1.14. The number of nitrogens with one attached hydrogen (secondary N) is 1. The van der Waals surface area contributed by atoms with Gasteiger partial charge in [-0.25, -0.2) is 8.42 Å². The Morgan fingerprint density at radius 3 is 2.33 bits per heavy atom. The van der Waals surface area contributed by atoms with Gasteiger partial charge in [0, 0.05) is 31.7 Å². The average Bonchev–Trinajstić information content (AvgIpc) is 3.55. The summed E-state index contributed by atoms with van der Waals surface area (Å²) in [6.07, 6.45) is 0. The fourth-order valence-corrected chi connectivity index (χ4v) is 6.98. The van der Waals surface area contributed by atoms with Gasteiger partial charge in [-0.05, 0) is 35.4 Å². The molecule has 2 aliphatic rings. The zero-order chi connectivity index (χ0) is 25.1. The maximum atomic E-state index is 12.7. The van der Waals surface area contributed by atoms with Crippen LogP contribution in [0.15, 0.2) is 57.8 Å². The Labute approximate surface area is 216 Å². The number of rotatable bonds is 7. The van der Waals surface area contributed by atoms with Crippen LogP contribution in [0.25, 0.3) is 0 Å². The largest absolute Gasteiger partial charge is 0.379 e. The fourth-order valence-electron chi connectivity index (χ4n) is 3.93. The maximum absolute atomic E-state index is 12.7. The van der Waals surface area contributed by atoms with Gasteiger partial charge in [-0.15, -0.1) is 10.2 Å². The Morgan fingerprint density at radius 1 is 1.00 bits per heavy atom. The van der Waals surface area contributed by atoms with Gasteiger partial charge in [0.05, 0.1) is 23.9 Å². The second-order valence-corrected chi connectivity index (χ2v) is 12.3. The lowest BCUT2D eigenvalue weighted by Crippen LogP contribution is -2.40. The molecule has 188 valence electrons. The van der Waals surface area contributed by atoms with Crippen LogP contribution in [0.2, 0.25) is 0 Å². The number of amides is 2. The standard InChI is InChI=1S/C23H23N5O5S3/c29-20(27-13-17-3-1-2-4-18(17)14-27)15-34-23-26-25-22(35-23)24-21(30)16-5-7-19(8-6-16)36(31,32)28-9-11-33-12-10-28/h1-8H,9-15H2,(H,24,25,30). The summed E-state index contributed by atoms with van der Waals surface area (Å²) in [6, 6.07) is 13.8. The van der Waals surface area contributed by atoms with Crippen LogP contribution < -0.4 is 5.32 Å². The number of benzene rings is 2. The van der Waals surface area contributed by atoms with E-state index in [-0.39, 0.29) is 16.6 Å². The molecule has 3 heterocycles. The van der Waals surface area contributed by atoms with Crippen LogP contribution in [0.4, 0.5) is 5.13 Å². The zero-order valence-corrected chi connectivity index (χ0v) is 21.6. The number of carbonyl (C=O) groups excluding carboxylic acids is 2. The highest BCUT2D eigenvalue weighted by molar-refractivity contribution is 8.01. The van der Waals surface area contributed by atoms with Crippen molar-refractivity contribution in [1.29, 1.82) is 0 Å². The lowest BCUT2D eigenvalue weighted by atomic mass is 10.1. The van der Waals surface area contributed by atoms with Gasteiger partial charge in [-0.1, -0.05) is 47.4 Å². The third-order valence-electron chi connectivity index (χ3n) is 5.86. The first kappa shape index (κ1) is 24.8. The minimum atomic E-state index is -3.63. The molecular formula is C23H23N5O5S3. The molecule has 36 heavy (non-hydrogen) atoms. The Hall–Kier alpha value is -2.84. The van der Waals surface area contributed by atoms with E-state index < -0.39 is 15.9 Å². The molecule has 1 N–H and O–H groups in total. The van der Waals surface area contributed by atoms with Crippen molar-refractivity contribution in [2.75, 3.05) is 37.4 Å². The summed E-state index contributed by atoms with van der Waals surface area (Å²) in [7, 11) is -3.63. The molecule has 1 fully saturated rings. The molecule has 0 spiro atoms. The second kappa shape index (κ2) is 10.6. The molecule has 0 bridgehead atoms. The molecule has 3 aromatic rings. The van der Waals surface area contributed by atoms with Crippen molar-refractivity contribution < 1.29 is 22.7 Å². The van der Waals surface area contributed by atoms with Crippen molar-refractivity contribution in [2.45, 2.75) is 22.3 Å². The minimum absolute atomic E-state index is 0.0177. The van der Waals surface area contributed by atoms with Crippen LogP contribution in [0.5, 0.6) is 0 Å². The monoisotopic (exact) mass is 545 g/mol. The van der Waals surface area contributed by atoms with E-state index in [1.807, 2.05) is 29.2 Å². The number of aromatic nitrogens is 2. The minimum Gasteiger partial charge on any atom is -0.379 e. The zero-order valence-electron chi connectivity index (χ0n) is 19.1. The van der Waals surface area contributed by atoms with Gasteiger partial charge in [0.1, 0.15) is 0 Å². The van der Waals surface area contributed by atoms with Gasteiger partial charge >= 0.3 is 0 Å². The Morgan fingerprint density at radius 2 is 1.67 bits per heavy atom. The van der Waals surface area contributed by atoms with Crippen molar-refractivity contribution in [1.82, 2.24) is 19.4 Å². The van der Waals surface area contributed by atoms with Crippen LogP contribution in [0, 0.1) is 0 Å². The third-order valence-corrected chi connectivity index (χ3v) is 9.73. The SMILES string of the molecule is O=C(Nc1nnc(SCC(=O)N2Cc3ccccc3C2)s1)c1ccc(S(=O)(=O)N2CCOCC2)cc1. The summed E-state index contributed by atoms with van der Waals surface area (Å²) in [4.78, 5) is 27.1. The summed E-state index contributed by atoms with van der Waals surface area (Å²) in [5.74, 6) is -0.177. The lowest BCUT2D eigenvalue weighted by molar-refractivity contribution is -0.128.